The Morgan fingerprint density at radius 3 is 2.17 bits per heavy atom. The van der Waals surface area contributed by atoms with E-state index in [1.54, 1.807) is 12.2 Å². The predicted molar refractivity (Wildman–Crippen MR) is 114 cm³/mol. The van der Waals surface area contributed by atoms with E-state index < -0.39 is 24.5 Å². The van der Waals surface area contributed by atoms with Crippen LogP contribution in [0.15, 0.2) is 72.8 Å². The summed E-state index contributed by atoms with van der Waals surface area (Å²) >= 11 is 0. The fourth-order valence-corrected chi connectivity index (χ4v) is 3.26. The highest BCUT2D eigenvalue weighted by Crippen LogP contribution is 2.22. The second kappa shape index (κ2) is 10.9. The van der Waals surface area contributed by atoms with E-state index in [1.165, 1.54) is 4.90 Å². The summed E-state index contributed by atoms with van der Waals surface area (Å²) in [6.45, 7) is 4.47. The quantitative estimate of drug-likeness (QED) is 0.668. The first kappa shape index (κ1) is 22.0. The van der Waals surface area contributed by atoms with Crippen molar-refractivity contribution in [2.45, 2.75) is 51.5 Å². The molecule has 0 fully saturated rings. The average molecular weight is 411 g/mol. The highest BCUT2D eigenvalue weighted by atomic mass is 16.6. The molecule has 1 N–H and O–H groups in total. The van der Waals surface area contributed by atoms with Gasteiger partial charge in [-0.25, -0.2) is 4.79 Å². The van der Waals surface area contributed by atoms with Crippen LogP contribution in [0.4, 0.5) is 4.79 Å². The molecule has 1 amide bonds. The number of amides is 1. The van der Waals surface area contributed by atoms with E-state index in [0.717, 1.165) is 11.1 Å². The normalized spacial score (nSPS) is 21.1. The summed E-state index contributed by atoms with van der Waals surface area (Å²) in [5.74, 6) is 0. The van der Waals surface area contributed by atoms with Crippen molar-refractivity contribution >= 4 is 6.09 Å². The molecule has 0 unspecified atom stereocenters. The van der Waals surface area contributed by atoms with Crippen LogP contribution in [-0.2, 0) is 27.4 Å². The molecule has 0 radical (unpaired) electrons. The molecule has 2 aromatic carbocycles. The number of carbonyl (C=O) groups is 1. The maximum absolute atomic E-state index is 13.0. The second-order valence-corrected chi connectivity index (χ2v) is 7.47. The zero-order chi connectivity index (χ0) is 21.3. The Kier molecular flexibility index (Phi) is 8.02. The number of aliphatic hydroxyl groups excluding tert-OH is 1. The fraction of sp³-hybridized carbons (Fsp3) is 0.375. The van der Waals surface area contributed by atoms with Crippen molar-refractivity contribution in [3.05, 3.63) is 83.9 Å². The molecule has 1 heterocycles. The fourth-order valence-electron chi connectivity index (χ4n) is 3.26. The second-order valence-electron chi connectivity index (χ2n) is 7.47. The van der Waals surface area contributed by atoms with Crippen molar-refractivity contribution in [3.63, 3.8) is 0 Å². The lowest BCUT2D eigenvalue weighted by molar-refractivity contribution is -0.106. The minimum atomic E-state index is -0.878. The first-order valence-corrected chi connectivity index (χ1v) is 10.2. The van der Waals surface area contributed by atoms with Crippen LogP contribution < -0.4 is 0 Å². The standard InChI is InChI=1S/C24H29NO5/c1-18(2)30-23-14-13-22(26)21(17-28-15-19-9-5-3-6-10-19)25(23)24(27)29-16-20-11-7-4-8-12-20/h3-14,18,21-23,26H,15-17H2,1-2H3/t21-,22-,23+/m1/s1. The molecule has 2 aromatic rings. The molecule has 6 nitrogen and oxygen atoms in total. The van der Waals surface area contributed by atoms with Gasteiger partial charge in [0.15, 0.2) is 6.23 Å². The molecular weight excluding hydrogens is 382 g/mol. The van der Waals surface area contributed by atoms with E-state index in [1.807, 2.05) is 74.5 Å². The van der Waals surface area contributed by atoms with Crippen LogP contribution >= 0.6 is 0 Å². The maximum Gasteiger partial charge on any atom is 0.412 e. The SMILES string of the molecule is CC(C)O[C@H]1C=C[C@@H](O)[C@@H](COCc2ccccc2)N1C(=O)OCc1ccccc1. The lowest BCUT2D eigenvalue weighted by atomic mass is 10.1. The van der Waals surface area contributed by atoms with E-state index in [2.05, 4.69) is 0 Å². The van der Waals surface area contributed by atoms with Crippen molar-refractivity contribution < 1.29 is 24.1 Å². The third-order valence-electron chi connectivity index (χ3n) is 4.73. The van der Waals surface area contributed by atoms with Gasteiger partial charge in [0.1, 0.15) is 6.61 Å². The molecule has 0 aromatic heterocycles. The first-order chi connectivity index (χ1) is 14.5. The van der Waals surface area contributed by atoms with Gasteiger partial charge in [0, 0.05) is 0 Å². The zero-order valence-corrected chi connectivity index (χ0v) is 17.4. The number of ether oxygens (including phenoxy) is 3. The Balaban J connectivity index is 1.69. The molecule has 1 aliphatic rings. The van der Waals surface area contributed by atoms with Crippen molar-refractivity contribution in [1.29, 1.82) is 0 Å². The Morgan fingerprint density at radius 1 is 0.967 bits per heavy atom. The smallest absolute Gasteiger partial charge is 0.412 e. The van der Waals surface area contributed by atoms with Gasteiger partial charge in [0.25, 0.3) is 0 Å². The van der Waals surface area contributed by atoms with Crippen LogP contribution in [0.3, 0.4) is 0 Å². The van der Waals surface area contributed by atoms with Crippen LogP contribution in [0.5, 0.6) is 0 Å². The van der Waals surface area contributed by atoms with Crippen molar-refractivity contribution in [3.8, 4) is 0 Å². The minimum Gasteiger partial charge on any atom is -0.444 e. The summed E-state index contributed by atoms with van der Waals surface area (Å²) < 4.78 is 17.2. The number of aliphatic hydroxyl groups is 1. The zero-order valence-electron chi connectivity index (χ0n) is 17.4. The molecule has 3 atom stereocenters. The van der Waals surface area contributed by atoms with Gasteiger partial charge < -0.3 is 19.3 Å². The molecular formula is C24H29NO5. The highest BCUT2D eigenvalue weighted by molar-refractivity contribution is 5.69. The lowest BCUT2D eigenvalue weighted by Gasteiger charge is -2.40. The number of carbonyl (C=O) groups excluding carboxylic acids is 1. The maximum atomic E-state index is 13.0. The van der Waals surface area contributed by atoms with Crippen molar-refractivity contribution in [1.82, 2.24) is 4.90 Å². The Hall–Kier alpha value is -2.67. The number of nitrogens with zero attached hydrogens (tertiary/aromatic N) is 1. The van der Waals surface area contributed by atoms with E-state index in [9.17, 15) is 9.90 Å². The number of benzene rings is 2. The molecule has 3 rings (SSSR count). The van der Waals surface area contributed by atoms with Crippen LogP contribution in [-0.4, -0.2) is 47.2 Å². The molecule has 0 spiro atoms. The highest BCUT2D eigenvalue weighted by Gasteiger charge is 2.38. The third kappa shape index (κ3) is 6.16. The van der Waals surface area contributed by atoms with Gasteiger partial charge in [-0.2, -0.15) is 0 Å². The minimum absolute atomic E-state index is 0.106. The molecule has 0 saturated heterocycles. The Bertz CT molecular complexity index is 809. The molecule has 6 heteroatoms. The van der Waals surface area contributed by atoms with E-state index in [4.69, 9.17) is 14.2 Å². The number of rotatable bonds is 8. The Labute approximate surface area is 177 Å². The summed E-state index contributed by atoms with van der Waals surface area (Å²) in [5, 5.41) is 10.6. The molecule has 1 aliphatic heterocycles. The summed E-state index contributed by atoms with van der Waals surface area (Å²) in [4.78, 5) is 14.4. The summed E-state index contributed by atoms with van der Waals surface area (Å²) in [6.07, 6.45) is 1.15. The molecule has 160 valence electrons. The largest absolute Gasteiger partial charge is 0.444 e. The molecule has 0 aliphatic carbocycles. The molecule has 0 saturated carbocycles. The van der Waals surface area contributed by atoms with Crippen LogP contribution in [0.25, 0.3) is 0 Å². The molecule has 30 heavy (non-hydrogen) atoms. The van der Waals surface area contributed by atoms with Gasteiger partial charge >= 0.3 is 6.09 Å². The van der Waals surface area contributed by atoms with Crippen molar-refractivity contribution in [2.75, 3.05) is 6.61 Å². The van der Waals surface area contributed by atoms with Gasteiger partial charge in [0.2, 0.25) is 0 Å². The van der Waals surface area contributed by atoms with E-state index in [-0.39, 0.29) is 19.3 Å². The molecule has 0 bridgehead atoms. The topological polar surface area (TPSA) is 68.2 Å². The first-order valence-electron chi connectivity index (χ1n) is 10.2. The monoisotopic (exact) mass is 411 g/mol. The van der Waals surface area contributed by atoms with Gasteiger partial charge in [-0.15, -0.1) is 0 Å². The van der Waals surface area contributed by atoms with Gasteiger partial charge in [-0.1, -0.05) is 66.7 Å². The summed E-state index contributed by atoms with van der Waals surface area (Å²) in [5.41, 5.74) is 1.91. The van der Waals surface area contributed by atoms with Gasteiger partial charge in [-0.3, -0.25) is 4.90 Å². The summed E-state index contributed by atoms with van der Waals surface area (Å²) in [7, 11) is 0. The van der Waals surface area contributed by atoms with Gasteiger partial charge in [-0.05, 0) is 31.1 Å². The van der Waals surface area contributed by atoms with Crippen molar-refractivity contribution in [2.24, 2.45) is 0 Å². The van der Waals surface area contributed by atoms with Crippen LogP contribution in [0.1, 0.15) is 25.0 Å². The Morgan fingerprint density at radius 2 is 1.57 bits per heavy atom. The van der Waals surface area contributed by atoms with Gasteiger partial charge in [0.05, 0.1) is 31.5 Å². The lowest BCUT2D eigenvalue weighted by Crippen LogP contribution is -2.57. The van der Waals surface area contributed by atoms with E-state index in [0.29, 0.717) is 6.61 Å². The number of hydrogen-bond acceptors (Lipinski definition) is 5. The average Bonchev–Trinajstić information content (AvgIpc) is 2.75. The third-order valence-corrected chi connectivity index (χ3v) is 4.73. The number of hydrogen-bond donors (Lipinski definition) is 1. The predicted octanol–water partition coefficient (Wildman–Crippen LogP) is 3.89. The van der Waals surface area contributed by atoms with Crippen LogP contribution in [0, 0.1) is 0 Å². The van der Waals surface area contributed by atoms with Crippen LogP contribution in [0.2, 0.25) is 0 Å². The van der Waals surface area contributed by atoms with E-state index >= 15 is 0 Å². The summed E-state index contributed by atoms with van der Waals surface area (Å²) in [6, 6.07) is 18.6.